The molecule has 1 fully saturated rings. The summed E-state index contributed by atoms with van der Waals surface area (Å²) in [6.07, 6.45) is 3.39. The minimum Gasteiger partial charge on any atom is -0.296 e. The van der Waals surface area contributed by atoms with Gasteiger partial charge in [-0.1, -0.05) is 6.92 Å². The van der Waals surface area contributed by atoms with E-state index in [0.29, 0.717) is 5.38 Å². The number of alkyl halides is 1. The molecule has 78 valence electrons. The largest absolute Gasteiger partial charge is 0.296 e. The van der Waals surface area contributed by atoms with E-state index in [1.165, 1.54) is 6.42 Å². The lowest BCUT2D eigenvalue weighted by atomic mass is 9.78. The molecule has 1 heterocycles. The number of likely N-dealkylation sites (tertiary alicyclic amines) is 1. The quantitative estimate of drug-likeness (QED) is 0.592. The molecule has 0 aromatic carbocycles. The van der Waals surface area contributed by atoms with Gasteiger partial charge in [0.15, 0.2) is 0 Å². The highest BCUT2D eigenvalue weighted by molar-refractivity contribution is 6.20. The molecule has 1 saturated heterocycles. The van der Waals surface area contributed by atoms with Crippen LogP contribution in [0.5, 0.6) is 0 Å². The highest BCUT2D eigenvalue weighted by atomic mass is 35.5. The summed E-state index contributed by atoms with van der Waals surface area (Å²) in [6, 6.07) is 0. The minimum absolute atomic E-state index is 0.245. The average molecular weight is 204 g/mol. The van der Waals surface area contributed by atoms with Crippen molar-refractivity contribution in [3.05, 3.63) is 0 Å². The Kier molecular flexibility index (Phi) is 2.99. The topological polar surface area (TPSA) is 3.24 Å². The highest BCUT2D eigenvalue weighted by Crippen LogP contribution is 2.40. The van der Waals surface area contributed by atoms with E-state index in [1.807, 2.05) is 0 Å². The first-order valence-corrected chi connectivity index (χ1v) is 5.63. The monoisotopic (exact) mass is 203 g/mol. The third kappa shape index (κ3) is 2.02. The third-order valence-electron chi connectivity index (χ3n) is 3.86. The van der Waals surface area contributed by atoms with Crippen molar-refractivity contribution in [3.63, 3.8) is 0 Å². The first-order valence-electron chi connectivity index (χ1n) is 5.20. The standard InChI is InChI=1S/C11H22ClN/c1-6-11(4)8-9(12)7-10(2,3)13(11)5/h9H,6-8H2,1-5H3. The second kappa shape index (κ2) is 3.43. The van der Waals surface area contributed by atoms with Crippen LogP contribution < -0.4 is 0 Å². The van der Waals surface area contributed by atoms with Crippen LogP contribution >= 0.6 is 11.6 Å². The smallest absolute Gasteiger partial charge is 0.0371 e. The van der Waals surface area contributed by atoms with Crippen molar-refractivity contribution in [3.8, 4) is 0 Å². The Labute approximate surface area is 87.4 Å². The summed E-state index contributed by atoms with van der Waals surface area (Å²) in [7, 11) is 2.23. The van der Waals surface area contributed by atoms with Crippen LogP contribution in [0.4, 0.5) is 0 Å². The van der Waals surface area contributed by atoms with Crippen molar-refractivity contribution in [2.45, 2.75) is 63.4 Å². The van der Waals surface area contributed by atoms with Gasteiger partial charge in [-0.2, -0.15) is 0 Å². The molecule has 0 saturated carbocycles. The number of nitrogens with zero attached hydrogens (tertiary/aromatic N) is 1. The molecule has 0 spiro atoms. The summed E-state index contributed by atoms with van der Waals surface area (Å²) < 4.78 is 0. The van der Waals surface area contributed by atoms with Gasteiger partial charge in [0.25, 0.3) is 0 Å². The van der Waals surface area contributed by atoms with E-state index in [4.69, 9.17) is 11.6 Å². The van der Waals surface area contributed by atoms with Gasteiger partial charge in [0.2, 0.25) is 0 Å². The summed E-state index contributed by atoms with van der Waals surface area (Å²) >= 11 is 6.30. The van der Waals surface area contributed by atoms with Crippen molar-refractivity contribution < 1.29 is 0 Å². The van der Waals surface area contributed by atoms with Crippen LogP contribution in [0.2, 0.25) is 0 Å². The molecule has 0 bridgehead atoms. The average Bonchev–Trinajstić information content (AvgIpc) is 1.99. The lowest BCUT2D eigenvalue weighted by Gasteiger charge is -2.53. The lowest BCUT2D eigenvalue weighted by Crippen LogP contribution is -2.60. The van der Waals surface area contributed by atoms with Crippen LogP contribution in [0.25, 0.3) is 0 Å². The van der Waals surface area contributed by atoms with Crippen LogP contribution in [-0.4, -0.2) is 28.4 Å². The molecule has 0 radical (unpaired) electrons. The predicted molar refractivity (Wildman–Crippen MR) is 59.4 cm³/mol. The van der Waals surface area contributed by atoms with E-state index >= 15 is 0 Å². The zero-order chi connectivity index (χ0) is 10.3. The molecule has 2 heteroatoms. The van der Waals surface area contributed by atoms with E-state index in [-0.39, 0.29) is 11.1 Å². The molecular weight excluding hydrogens is 182 g/mol. The second-order valence-corrected chi connectivity index (χ2v) is 5.84. The van der Waals surface area contributed by atoms with E-state index < -0.39 is 0 Å². The lowest BCUT2D eigenvalue weighted by molar-refractivity contribution is -0.0135. The molecule has 2 atom stereocenters. The Morgan fingerprint density at radius 3 is 2.31 bits per heavy atom. The van der Waals surface area contributed by atoms with Gasteiger partial charge in [-0.25, -0.2) is 0 Å². The first kappa shape index (κ1) is 11.3. The fourth-order valence-electron chi connectivity index (χ4n) is 2.48. The fraction of sp³-hybridized carbons (Fsp3) is 1.00. The van der Waals surface area contributed by atoms with Gasteiger partial charge >= 0.3 is 0 Å². The van der Waals surface area contributed by atoms with Gasteiger partial charge in [0, 0.05) is 16.5 Å². The normalized spacial score (nSPS) is 40.6. The van der Waals surface area contributed by atoms with Crippen LogP contribution in [0.15, 0.2) is 0 Å². The Balaban J connectivity index is 2.88. The summed E-state index contributed by atoms with van der Waals surface area (Å²) in [6.45, 7) is 9.15. The van der Waals surface area contributed by atoms with Gasteiger partial charge in [0.1, 0.15) is 0 Å². The number of hydrogen-bond donors (Lipinski definition) is 0. The van der Waals surface area contributed by atoms with Crippen LogP contribution in [0.3, 0.4) is 0 Å². The number of halogens is 1. The van der Waals surface area contributed by atoms with Crippen LogP contribution in [-0.2, 0) is 0 Å². The van der Waals surface area contributed by atoms with Crippen molar-refractivity contribution >= 4 is 11.6 Å². The number of piperidine rings is 1. The SMILES string of the molecule is CCC1(C)CC(Cl)CC(C)(C)N1C. The fourth-order valence-corrected chi connectivity index (χ4v) is 3.19. The van der Waals surface area contributed by atoms with Crippen molar-refractivity contribution in [1.29, 1.82) is 0 Å². The highest BCUT2D eigenvalue weighted by Gasteiger charge is 2.43. The molecule has 1 aliphatic heterocycles. The Morgan fingerprint density at radius 1 is 1.31 bits per heavy atom. The van der Waals surface area contributed by atoms with Crippen LogP contribution in [0, 0.1) is 0 Å². The van der Waals surface area contributed by atoms with Crippen molar-refractivity contribution in [2.24, 2.45) is 0 Å². The van der Waals surface area contributed by atoms with Crippen LogP contribution in [0.1, 0.15) is 47.0 Å². The van der Waals surface area contributed by atoms with E-state index in [1.54, 1.807) is 0 Å². The molecule has 0 amide bonds. The molecule has 1 rings (SSSR count). The molecule has 0 aromatic heterocycles. The van der Waals surface area contributed by atoms with E-state index in [9.17, 15) is 0 Å². The molecular formula is C11H22ClN. The van der Waals surface area contributed by atoms with Gasteiger partial charge in [-0.3, -0.25) is 4.90 Å². The zero-order valence-corrected chi connectivity index (χ0v) is 10.3. The molecule has 13 heavy (non-hydrogen) atoms. The van der Waals surface area contributed by atoms with Gasteiger partial charge in [-0.15, -0.1) is 11.6 Å². The second-order valence-electron chi connectivity index (χ2n) is 5.23. The molecule has 1 nitrogen and oxygen atoms in total. The summed E-state index contributed by atoms with van der Waals surface area (Å²) in [4.78, 5) is 2.50. The molecule has 0 aliphatic carbocycles. The van der Waals surface area contributed by atoms with Gasteiger partial charge in [-0.05, 0) is 47.1 Å². The Hall–Kier alpha value is 0.250. The Morgan fingerprint density at radius 2 is 1.85 bits per heavy atom. The molecule has 2 unspecified atom stereocenters. The van der Waals surface area contributed by atoms with Gasteiger partial charge in [0.05, 0.1) is 0 Å². The number of rotatable bonds is 1. The third-order valence-corrected chi connectivity index (χ3v) is 4.17. The van der Waals surface area contributed by atoms with Crippen molar-refractivity contribution in [1.82, 2.24) is 4.90 Å². The van der Waals surface area contributed by atoms with Crippen molar-refractivity contribution in [2.75, 3.05) is 7.05 Å². The Bertz CT molecular complexity index is 191. The molecule has 1 aliphatic rings. The summed E-state index contributed by atoms with van der Waals surface area (Å²) in [5.41, 5.74) is 0.531. The maximum Gasteiger partial charge on any atom is 0.0371 e. The van der Waals surface area contributed by atoms with Gasteiger partial charge < -0.3 is 0 Å². The first-order chi connectivity index (χ1) is 5.82. The van der Waals surface area contributed by atoms with E-state index in [0.717, 1.165) is 12.8 Å². The maximum atomic E-state index is 6.30. The summed E-state index contributed by atoms with van der Waals surface area (Å²) in [5.74, 6) is 0. The minimum atomic E-state index is 0.245. The maximum absolute atomic E-state index is 6.30. The summed E-state index contributed by atoms with van der Waals surface area (Å²) in [5, 5.41) is 0.344. The molecule has 0 aromatic rings. The number of hydrogen-bond acceptors (Lipinski definition) is 1. The van der Waals surface area contributed by atoms with E-state index in [2.05, 4.69) is 39.6 Å². The molecule has 0 N–H and O–H groups in total. The predicted octanol–water partition coefficient (Wildman–Crippen LogP) is 3.27. The zero-order valence-electron chi connectivity index (χ0n) is 9.52.